The van der Waals surface area contributed by atoms with Gasteiger partial charge in [-0.1, -0.05) is 202 Å². The Morgan fingerprint density at radius 2 is 0.600 bits per heavy atom. The highest BCUT2D eigenvalue weighted by Crippen LogP contribution is 2.63. The Morgan fingerprint density at radius 3 is 1.14 bits per heavy atom. The van der Waals surface area contributed by atoms with E-state index in [0.717, 1.165) is 17.1 Å². The smallest absolute Gasteiger partial charge is 0.0725 e. The van der Waals surface area contributed by atoms with Gasteiger partial charge in [-0.05, 0) is 149 Å². The minimum absolute atomic E-state index is 0.221. The van der Waals surface area contributed by atoms with Crippen LogP contribution in [0.4, 0.5) is 17.1 Å². The molecule has 0 heterocycles. The molecule has 10 aromatic carbocycles. The monoisotopic (exact) mass is 827 g/mol. The van der Waals surface area contributed by atoms with E-state index in [0.29, 0.717) is 0 Å². The predicted molar refractivity (Wildman–Crippen MR) is 271 cm³/mol. The maximum absolute atomic E-state index is 2.47. The van der Waals surface area contributed by atoms with Crippen LogP contribution in [0.3, 0.4) is 0 Å². The number of nitrogens with zero attached hydrogens (tertiary/aromatic N) is 1. The van der Waals surface area contributed by atoms with E-state index < -0.39 is 0 Å². The third kappa shape index (κ3) is 5.52. The Balaban J connectivity index is 0.892. The molecule has 0 fully saturated rings. The summed E-state index contributed by atoms with van der Waals surface area (Å²) >= 11 is 0. The first-order chi connectivity index (χ1) is 32.0. The summed E-state index contributed by atoms with van der Waals surface area (Å²) in [5.41, 5.74) is 26.3. The molecule has 3 aliphatic rings. The molecule has 10 aromatic rings. The molecule has 0 amide bonds. The van der Waals surface area contributed by atoms with E-state index in [2.05, 4.69) is 255 Å². The fourth-order valence-corrected chi connectivity index (χ4v) is 11.6. The van der Waals surface area contributed by atoms with Gasteiger partial charge in [0.05, 0.1) is 5.41 Å². The molecule has 1 heteroatoms. The molecule has 0 unspecified atom stereocenters. The third-order valence-electron chi connectivity index (χ3n) is 14.7. The summed E-state index contributed by atoms with van der Waals surface area (Å²) in [4.78, 5) is 2.41. The van der Waals surface area contributed by atoms with E-state index in [4.69, 9.17) is 0 Å². The van der Waals surface area contributed by atoms with E-state index in [-0.39, 0.29) is 10.8 Å². The summed E-state index contributed by atoms with van der Waals surface area (Å²) in [5, 5.41) is 0. The molecule has 0 atom stereocenters. The molecule has 306 valence electrons. The van der Waals surface area contributed by atoms with E-state index in [1.54, 1.807) is 0 Å². The fraction of sp³-hybridized carbons (Fsp3) is 0.0625. The zero-order valence-electron chi connectivity index (χ0n) is 36.5. The Bertz CT molecular complexity index is 3360. The van der Waals surface area contributed by atoms with Crippen LogP contribution in [0.15, 0.2) is 237 Å². The molecule has 1 spiro atoms. The van der Waals surface area contributed by atoms with Gasteiger partial charge in [-0.2, -0.15) is 0 Å². The average Bonchev–Trinajstić information content (AvgIpc) is 3.93. The van der Waals surface area contributed by atoms with Crippen LogP contribution >= 0.6 is 0 Å². The van der Waals surface area contributed by atoms with Gasteiger partial charge >= 0.3 is 0 Å². The van der Waals surface area contributed by atoms with Crippen molar-refractivity contribution in [3.8, 4) is 66.8 Å². The second kappa shape index (κ2) is 14.3. The standard InChI is InChI=1S/C64H45N/c1-63(2)61-40-47(46-30-38-60-56(39-46)53-21-11-14-24-59(53)64(60)57-22-12-9-19-51(57)52-20-10-13-23-58(52)64)29-36-54(61)55-37-35-50(41-62(55)63)65(48-31-25-44(26-32-48)42-15-5-3-6-16-42)49-33-27-45(28-34-49)43-17-7-4-8-18-43/h3-41H,1-2H3. The van der Waals surface area contributed by atoms with Crippen molar-refractivity contribution in [2.75, 3.05) is 4.90 Å². The molecule has 1 nitrogen and oxygen atoms in total. The van der Waals surface area contributed by atoms with Crippen molar-refractivity contribution in [1.82, 2.24) is 0 Å². The minimum atomic E-state index is -0.335. The molecule has 0 bridgehead atoms. The first-order valence-corrected chi connectivity index (χ1v) is 22.8. The van der Waals surface area contributed by atoms with Crippen LogP contribution in [0.1, 0.15) is 47.2 Å². The summed E-state index contributed by atoms with van der Waals surface area (Å²) in [5.74, 6) is 0. The maximum atomic E-state index is 2.47. The van der Waals surface area contributed by atoms with Crippen LogP contribution in [0.5, 0.6) is 0 Å². The number of rotatable bonds is 6. The number of anilines is 3. The van der Waals surface area contributed by atoms with Gasteiger partial charge in [0.1, 0.15) is 0 Å². The molecular formula is C64H45N. The summed E-state index contributed by atoms with van der Waals surface area (Å²) in [7, 11) is 0. The number of hydrogen-bond acceptors (Lipinski definition) is 1. The zero-order valence-corrected chi connectivity index (χ0v) is 36.5. The predicted octanol–water partition coefficient (Wildman–Crippen LogP) is 16.8. The highest BCUT2D eigenvalue weighted by atomic mass is 15.1. The van der Waals surface area contributed by atoms with E-state index in [1.807, 2.05) is 0 Å². The second-order valence-corrected chi connectivity index (χ2v) is 18.4. The van der Waals surface area contributed by atoms with E-state index in [1.165, 1.54) is 100 Å². The third-order valence-corrected chi connectivity index (χ3v) is 14.7. The lowest BCUT2D eigenvalue weighted by Crippen LogP contribution is -2.25. The van der Waals surface area contributed by atoms with Crippen LogP contribution in [0.2, 0.25) is 0 Å². The van der Waals surface area contributed by atoms with Crippen molar-refractivity contribution in [1.29, 1.82) is 0 Å². The van der Waals surface area contributed by atoms with Gasteiger partial charge < -0.3 is 4.90 Å². The summed E-state index contributed by atoms with van der Waals surface area (Å²) in [6.45, 7) is 4.80. The van der Waals surface area contributed by atoms with Gasteiger partial charge in [0, 0.05) is 22.5 Å². The van der Waals surface area contributed by atoms with Crippen LogP contribution < -0.4 is 4.90 Å². The lowest BCUT2D eigenvalue weighted by Gasteiger charge is -2.30. The normalized spacial score (nSPS) is 13.9. The van der Waals surface area contributed by atoms with Gasteiger partial charge in [-0.25, -0.2) is 0 Å². The van der Waals surface area contributed by atoms with Crippen LogP contribution in [0.25, 0.3) is 66.8 Å². The largest absolute Gasteiger partial charge is 0.310 e. The minimum Gasteiger partial charge on any atom is -0.310 e. The number of fused-ring (bicyclic) bond motifs is 13. The Labute approximate surface area is 381 Å². The summed E-state index contributed by atoms with van der Waals surface area (Å²) in [6.07, 6.45) is 0. The van der Waals surface area contributed by atoms with Crippen LogP contribution in [-0.4, -0.2) is 0 Å². The van der Waals surface area contributed by atoms with Crippen LogP contribution in [-0.2, 0) is 10.8 Å². The maximum Gasteiger partial charge on any atom is 0.0725 e. The van der Waals surface area contributed by atoms with Gasteiger partial charge in [0.2, 0.25) is 0 Å². The Kier molecular flexibility index (Phi) is 8.24. The van der Waals surface area contributed by atoms with Gasteiger partial charge in [0.25, 0.3) is 0 Å². The molecule has 65 heavy (non-hydrogen) atoms. The van der Waals surface area contributed by atoms with Crippen molar-refractivity contribution in [3.63, 3.8) is 0 Å². The van der Waals surface area contributed by atoms with Gasteiger partial charge in [0.15, 0.2) is 0 Å². The van der Waals surface area contributed by atoms with Crippen LogP contribution in [0, 0.1) is 0 Å². The van der Waals surface area contributed by atoms with Crippen molar-refractivity contribution in [2.45, 2.75) is 24.7 Å². The summed E-state index contributed by atoms with van der Waals surface area (Å²) in [6, 6.07) is 88.0. The summed E-state index contributed by atoms with van der Waals surface area (Å²) < 4.78 is 0. The quantitative estimate of drug-likeness (QED) is 0.161. The highest BCUT2D eigenvalue weighted by Gasteiger charge is 2.51. The fourth-order valence-electron chi connectivity index (χ4n) is 11.6. The van der Waals surface area contributed by atoms with Crippen molar-refractivity contribution < 1.29 is 0 Å². The molecule has 0 N–H and O–H groups in total. The molecule has 13 rings (SSSR count). The highest BCUT2D eigenvalue weighted by molar-refractivity contribution is 5.96. The van der Waals surface area contributed by atoms with Crippen molar-refractivity contribution >= 4 is 17.1 Å². The van der Waals surface area contributed by atoms with Crippen molar-refractivity contribution in [3.05, 3.63) is 270 Å². The SMILES string of the molecule is CC1(C)c2cc(-c3ccc4c(c3)-c3ccccc3C43c4ccccc4-c4ccccc43)ccc2-c2ccc(N(c3ccc(-c4ccccc4)cc3)c3ccc(-c4ccccc4)cc3)cc21. The Morgan fingerprint density at radius 1 is 0.246 bits per heavy atom. The average molecular weight is 828 g/mol. The zero-order chi connectivity index (χ0) is 43.3. The van der Waals surface area contributed by atoms with E-state index in [9.17, 15) is 0 Å². The molecule has 0 saturated heterocycles. The number of benzene rings is 10. The number of hydrogen-bond donors (Lipinski definition) is 0. The van der Waals surface area contributed by atoms with Gasteiger partial charge in [-0.3, -0.25) is 0 Å². The van der Waals surface area contributed by atoms with Gasteiger partial charge in [-0.15, -0.1) is 0 Å². The second-order valence-electron chi connectivity index (χ2n) is 18.4. The molecular weight excluding hydrogens is 783 g/mol. The first kappa shape index (κ1) is 37.5. The lowest BCUT2D eigenvalue weighted by atomic mass is 9.70. The molecule has 0 aliphatic heterocycles. The Hall–Kier alpha value is -8.00. The molecule has 3 aliphatic carbocycles. The van der Waals surface area contributed by atoms with E-state index >= 15 is 0 Å². The van der Waals surface area contributed by atoms with Crippen molar-refractivity contribution in [2.24, 2.45) is 0 Å². The first-order valence-electron chi connectivity index (χ1n) is 22.8. The molecule has 0 aromatic heterocycles. The molecule has 0 saturated carbocycles. The topological polar surface area (TPSA) is 3.24 Å². The molecule has 0 radical (unpaired) electrons. The lowest BCUT2D eigenvalue weighted by molar-refractivity contribution is 0.660.